The van der Waals surface area contributed by atoms with Crippen molar-refractivity contribution in [2.24, 2.45) is 11.7 Å². The molecule has 0 rings (SSSR count). The van der Waals surface area contributed by atoms with Crippen molar-refractivity contribution in [3.8, 4) is 0 Å². The molecule has 0 aromatic carbocycles. The van der Waals surface area contributed by atoms with Gasteiger partial charge in [-0.3, -0.25) is 4.52 Å². The Morgan fingerprint density at radius 2 is 1.26 bits per heavy atom. The number of rotatable bonds is 25. The van der Waals surface area contributed by atoms with Gasteiger partial charge in [-0.05, 0) is 25.3 Å². The summed E-state index contributed by atoms with van der Waals surface area (Å²) in [5.41, 5.74) is 5.80. The molecule has 0 aliphatic heterocycles. The molecule has 0 heterocycles. The van der Waals surface area contributed by atoms with Crippen LogP contribution in [0.25, 0.3) is 0 Å². The molecule has 0 spiro atoms. The standard InChI is InChI=1S/C26H57N2O5P/c1-5-6-7-8-9-10-11-12-13-14-15-16-17-18-21-32-23-25(19-20-27)22-26(28(2,3)4)24-33-34(29,30)31/h25-26H,5-24,27H2,1-4H3,(H-,29,30,31)/p+1. The molecule has 0 aromatic rings. The number of hydrogen-bond donors (Lipinski definition) is 3. The van der Waals surface area contributed by atoms with Gasteiger partial charge in [0.2, 0.25) is 0 Å². The van der Waals surface area contributed by atoms with E-state index >= 15 is 0 Å². The smallest absolute Gasteiger partial charge is 0.381 e. The minimum Gasteiger partial charge on any atom is -0.381 e. The molecule has 0 bridgehead atoms. The maximum Gasteiger partial charge on any atom is 0.469 e. The summed E-state index contributed by atoms with van der Waals surface area (Å²) in [7, 11) is 1.58. The molecule has 34 heavy (non-hydrogen) atoms. The maximum atomic E-state index is 11.1. The Hall–Kier alpha value is -0.0100. The molecule has 0 fully saturated rings. The Morgan fingerprint density at radius 3 is 1.68 bits per heavy atom. The van der Waals surface area contributed by atoms with E-state index in [0.717, 1.165) is 25.9 Å². The van der Waals surface area contributed by atoms with Gasteiger partial charge in [-0.1, -0.05) is 90.4 Å². The molecule has 206 valence electrons. The monoisotopic (exact) mass is 509 g/mol. The van der Waals surface area contributed by atoms with Gasteiger partial charge in [0.25, 0.3) is 0 Å². The predicted octanol–water partition coefficient (Wildman–Crippen LogP) is 6.02. The molecule has 8 heteroatoms. The largest absolute Gasteiger partial charge is 0.469 e. The highest BCUT2D eigenvalue weighted by molar-refractivity contribution is 7.46. The third-order valence-electron chi connectivity index (χ3n) is 6.71. The van der Waals surface area contributed by atoms with E-state index in [1.165, 1.54) is 83.5 Å². The Balaban J connectivity index is 3.85. The second-order valence-corrected chi connectivity index (χ2v) is 12.1. The second-order valence-electron chi connectivity index (χ2n) is 10.9. The van der Waals surface area contributed by atoms with Gasteiger partial charge in [0.05, 0.1) is 21.1 Å². The fourth-order valence-corrected chi connectivity index (χ4v) is 4.70. The fourth-order valence-electron chi connectivity index (χ4n) is 4.33. The number of quaternary nitrogens is 1. The van der Waals surface area contributed by atoms with Gasteiger partial charge >= 0.3 is 7.82 Å². The number of nitrogens with two attached hydrogens (primary N) is 1. The molecule has 0 saturated carbocycles. The highest BCUT2D eigenvalue weighted by Crippen LogP contribution is 2.36. The van der Waals surface area contributed by atoms with Crippen LogP contribution in [0.5, 0.6) is 0 Å². The maximum absolute atomic E-state index is 11.1. The molecule has 7 nitrogen and oxygen atoms in total. The summed E-state index contributed by atoms with van der Waals surface area (Å²) in [5.74, 6) is 0.263. The van der Waals surface area contributed by atoms with E-state index in [4.69, 9.17) is 24.8 Å². The lowest BCUT2D eigenvalue weighted by atomic mass is 9.96. The van der Waals surface area contributed by atoms with E-state index in [1.54, 1.807) is 0 Å². The van der Waals surface area contributed by atoms with Gasteiger partial charge in [0.15, 0.2) is 0 Å². The van der Waals surface area contributed by atoms with Crippen LogP contribution in [0.2, 0.25) is 0 Å². The van der Waals surface area contributed by atoms with Crippen molar-refractivity contribution in [3.05, 3.63) is 0 Å². The van der Waals surface area contributed by atoms with Crippen LogP contribution < -0.4 is 5.73 Å². The quantitative estimate of drug-likeness (QED) is 0.0790. The first-order valence-electron chi connectivity index (χ1n) is 13.9. The molecule has 4 N–H and O–H groups in total. The molecule has 2 atom stereocenters. The zero-order chi connectivity index (χ0) is 25.7. The van der Waals surface area contributed by atoms with Crippen molar-refractivity contribution < 1.29 is 28.1 Å². The van der Waals surface area contributed by atoms with Crippen molar-refractivity contribution in [2.75, 3.05) is 47.5 Å². The highest BCUT2D eigenvalue weighted by Gasteiger charge is 2.30. The van der Waals surface area contributed by atoms with E-state index in [0.29, 0.717) is 17.6 Å². The molecule has 0 aromatic heterocycles. The lowest BCUT2D eigenvalue weighted by Crippen LogP contribution is -2.49. The summed E-state index contributed by atoms with van der Waals surface area (Å²) >= 11 is 0. The van der Waals surface area contributed by atoms with Crippen LogP contribution in [0.4, 0.5) is 0 Å². The van der Waals surface area contributed by atoms with Gasteiger partial charge in [0.1, 0.15) is 12.6 Å². The zero-order valence-corrected chi connectivity index (χ0v) is 23.8. The molecule has 0 aliphatic rings. The van der Waals surface area contributed by atoms with Crippen LogP contribution in [0.15, 0.2) is 0 Å². The van der Waals surface area contributed by atoms with E-state index in [9.17, 15) is 4.57 Å². The minimum atomic E-state index is -4.47. The van der Waals surface area contributed by atoms with Crippen molar-refractivity contribution >= 4 is 7.82 Å². The van der Waals surface area contributed by atoms with Crippen LogP contribution in [0.3, 0.4) is 0 Å². The first-order chi connectivity index (χ1) is 16.1. The van der Waals surface area contributed by atoms with Gasteiger partial charge in [0, 0.05) is 19.6 Å². The number of phosphoric acid groups is 1. The molecule has 0 saturated heterocycles. The molecule has 0 radical (unpaired) electrons. The van der Waals surface area contributed by atoms with E-state index in [-0.39, 0.29) is 18.6 Å². The van der Waals surface area contributed by atoms with Crippen LogP contribution >= 0.6 is 7.82 Å². The van der Waals surface area contributed by atoms with Crippen LogP contribution in [-0.4, -0.2) is 67.8 Å². The van der Waals surface area contributed by atoms with Crippen molar-refractivity contribution in [3.63, 3.8) is 0 Å². The topological polar surface area (TPSA) is 102 Å². The second kappa shape index (κ2) is 21.1. The van der Waals surface area contributed by atoms with Crippen LogP contribution in [-0.2, 0) is 13.8 Å². The number of unbranched alkanes of at least 4 members (excludes halogenated alkanes) is 13. The van der Waals surface area contributed by atoms with E-state index in [1.807, 2.05) is 21.1 Å². The third-order valence-corrected chi connectivity index (χ3v) is 7.19. The summed E-state index contributed by atoms with van der Waals surface area (Å²) in [6, 6.07) is -0.0335. The first-order valence-corrected chi connectivity index (χ1v) is 15.4. The number of hydrogen-bond acceptors (Lipinski definition) is 4. The Morgan fingerprint density at radius 1 is 0.794 bits per heavy atom. The van der Waals surface area contributed by atoms with Crippen LogP contribution in [0, 0.1) is 5.92 Å². The number of ether oxygens (including phenoxy) is 1. The van der Waals surface area contributed by atoms with Crippen LogP contribution in [0.1, 0.15) is 110 Å². The zero-order valence-electron chi connectivity index (χ0n) is 22.9. The Bertz CT molecular complexity index is 496. The normalized spacial score (nSPS) is 14.4. The summed E-state index contributed by atoms with van der Waals surface area (Å²) in [6.07, 6.45) is 20.5. The van der Waals surface area contributed by atoms with Gasteiger partial charge in [-0.2, -0.15) is 0 Å². The molecule has 0 aliphatic carbocycles. The van der Waals surface area contributed by atoms with Gasteiger partial charge in [-0.25, -0.2) is 4.57 Å². The van der Waals surface area contributed by atoms with Gasteiger partial charge in [-0.15, -0.1) is 0 Å². The van der Waals surface area contributed by atoms with E-state index < -0.39 is 7.82 Å². The van der Waals surface area contributed by atoms with Crippen molar-refractivity contribution in [2.45, 2.75) is 116 Å². The number of nitrogens with zero attached hydrogens (tertiary/aromatic N) is 1. The lowest BCUT2D eigenvalue weighted by Gasteiger charge is -2.36. The summed E-state index contributed by atoms with van der Waals surface area (Å²) in [5, 5.41) is 0. The van der Waals surface area contributed by atoms with Crippen molar-refractivity contribution in [1.29, 1.82) is 0 Å². The summed E-state index contributed by atoms with van der Waals surface area (Å²) < 4.78 is 22.5. The SMILES string of the molecule is CCCCCCCCCCCCCCCCOCC(CCN)CC(COP(=O)(O)O)[N+](C)(C)C. The molecule has 0 amide bonds. The van der Waals surface area contributed by atoms with Gasteiger partial charge < -0.3 is 24.7 Å². The number of likely N-dealkylation sites (N-methyl/N-ethyl adjacent to an activating group) is 1. The number of phosphoric ester groups is 1. The fraction of sp³-hybridized carbons (Fsp3) is 1.00. The van der Waals surface area contributed by atoms with Crippen molar-refractivity contribution in [1.82, 2.24) is 0 Å². The summed E-state index contributed by atoms with van der Waals surface area (Å²) in [6.45, 7) is 4.28. The predicted molar refractivity (Wildman–Crippen MR) is 143 cm³/mol. The minimum absolute atomic E-state index is 0.0216. The highest BCUT2D eigenvalue weighted by atomic mass is 31.2. The molecular formula is C26H58N2O5P+. The molecule has 2 unspecified atom stereocenters. The van der Waals surface area contributed by atoms with E-state index in [2.05, 4.69) is 6.92 Å². The Kier molecular flexibility index (Phi) is 21.1. The molecular weight excluding hydrogens is 451 g/mol. The third kappa shape index (κ3) is 22.5. The average molecular weight is 510 g/mol. The first kappa shape index (κ1) is 34.0. The average Bonchev–Trinajstić information content (AvgIpc) is 2.74. The summed E-state index contributed by atoms with van der Waals surface area (Å²) in [4.78, 5) is 18.1. The Labute approximate surface area is 211 Å². The lowest BCUT2D eigenvalue weighted by molar-refractivity contribution is -0.897.